The number of hydrogen-bond donors (Lipinski definition) is 1. The Morgan fingerprint density at radius 3 is 2.14 bits per heavy atom. The van der Waals surface area contributed by atoms with Crippen LogP contribution < -0.4 is 0 Å². The lowest BCUT2D eigenvalue weighted by molar-refractivity contribution is -0.0195. The standard InChI is InChI=1S/C26H33O2P/c1-24(2)20-15-22-25(3,16-21(20)24)29(28,17-18-11-7-5-8-12-18)23(26(22,4)27)19-13-9-6-10-14-19/h5-14,20-23,27H,15-17H2,1-4H3/t20-,21-,22+,23+,25+,26+,29-/m1/s1. The largest absolute Gasteiger partial charge is 0.389 e. The van der Waals surface area contributed by atoms with E-state index < -0.39 is 12.7 Å². The maximum absolute atomic E-state index is 15.2. The van der Waals surface area contributed by atoms with Gasteiger partial charge in [-0.3, -0.25) is 0 Å². The Bertz CT molecular complexity index is 965. The van der Waals surface area contributed by atoms with E-state index >= 15 is 4.57 Å². The van der Waals surface area contributed by atoms with Crippen LogP contribution >= 0.6 is 7.14 Å². The lowest BCUT2D eigenvalue weighted by atomic mass is 9.69. The Labute approximate surface area is 175 Å². The van der Waals surface area contributed by atoms with Gasteiger partial charge in [0.2, 0.25) is 0 Å². The summed E-state index contributed by atoms with van der Waals surface area (Å²) in [4.78, 5) is 0. The lowest BCUT2D eigenvalue weighted by Gasteiger charge is -2.42. The second kappa shape index (κ2) is 6.08. The summed E-state index contributed by atoms with van der Waals surface area (Å²) in [6.45, 7) is 8.95. The molecule has 1 N–H and O–H groups in total. The summed E-state index contributed by atoms with van der Waals surface area (Å²) in [5, 5.41) is 11.7. The first-order valence-electron chi connectivity index (χ1n) is 11.0. The van der Waals surface area contributed by atoms with Gasteiger partial charge in [0, 0.05) is 17.2 Å². The second-order valence-corrected chi connectivity index (χ2v) is 14.3. The van der Waals surface area contributed by atoms with Crippen LogP contribution in [-0.2, 0) is 10.7 Å². The fourth-order valence-corrected chi connectivity index (χ4v) is 12.3. The first-order valence-corrected chi connectivity index (χ1v) is 13.0. The highest BCUT2D eigenvalue weighted by molar-refractivity contribution is 7.65. The molecule has 2 aliphatic carbocycles. The molecule has 1 aliphatic heterocycles. The molecule has 5 rings (SSSR count). The highest BCUT2D eigenvalue weighted by Crippen LogP contribution is 2.87. The summed E-state index contributed by atoms with van der Waals surface area (Å²) in [6.07, 6.45) is 2.57. The molecule has 1 saturated heterocycles. The molecule has 2 nitrogen and oxygen atoms in total. The maximum atomic E-state index is 15.2. The number of benzene rings is 2. The molecule has 2 aromatic rings. The predicted octanol–water partition coefficient (Wildman–Crippen LogP) is 6.50. The van der Waals surface area contributed by atoms with Gasteiger partial charge in [-0.1, -0.05) is 81.4 Å². The van der Waals surface area contributed by atoms with Crippen molar-refractivity contribution in [1.82, 2.24) is 0 Å². The average Bonchev–Trinajstić information content (AvgIpc) is 3.16. The molecule has 0 aromatic heterocycles. The minimum absolute atomic E-state index is 0.0813. The summed E-state index contributed by atoms with van der Waals surface area (Å²) >= 11 is 0. The van der Waals surface area contributed by atoms with Crippen molar-refractivity contribution in [2.45, 2.75) is 63.1 Å². The molecule has 0 amide bonds. The zero-order valence-corrected chi connectivity index (χ0v) is 18.9. The summed E-state index contributed by atoms with van der Waals surface area (Å²) in [5.74, 6) is 1.38. The van der Waals surface area contributed by atoms with Gasteiger partial charge in [-0.25, -0.2) is 0 Å². The lowest BCUT2D eigenvalue weighted by Crippen LogP contribution is -2.44. The molecule has 0 bridgehead atoms. The number of hydrogen-bond acceptors (Lipinski definition) is 2. The minimum Gasteiger partial charge on any atom is -0.389 e. The third kappa shape index (κ3) is 2.55. The van der Waals surface area contributed by atoms with E-state index in [2.05, 4.69) is 45.0 Å². The Hall–Kier alpha value is -1.37. The topological polar surface area (TPSA) is 37.3 Å². The molecule has 7 atom stereocenters. The quantitative estimate of drug-likeness (QED) is 0.589. The van der Waals surface area contributed by atoms with E-state index in [1.807, 2.05) is 43.3 Å². The van der Waals surface area contributed by atoms with Crippen LogP contribution in [0.3, 0.4) is 0 Å². The van der Waals surface area contributed by atoms with Crippen LogP contribution in [0.4, 0.5) is 0 Å². The van der Waals surface area contributed by atoms with E-state index in [4.69, 9.17) is 0 Å². The van der Waals surface area contributed by atoms with Crippen LogP contribution in [0, 0.1) is 23.2 Å². The van der Waals surface area contributed by atoms with Gasteiger partial charge < -0.3 is 9.67 Å². The van der Waals surface area contributed by atoms with E-state index in [-0.39, 0.29) is 16.7 Å². The Morgan fingerprint density at radius 2 is 1.52 bits per heavy atom. The number of rotatable bonds is 3. The van der Waals surface area contributed by atoms with E-state index in [1.165, 1.54) is 0 Å². The molecule has 154 valence electrons. The molecule has 3 aliphatic rings. The molecule has 3 fully saturated rings. The molecule has 3 heteroatoms. The van der Waals surface area contributed by atoms with Crippen molar-refractivity contribution < 1.29 is 9.67 Å². The molecular weight excluding hydrogens is 375 g/mol. The molecule has 29 heavy (non-hydrogen) atoms. The van der Waals surface area contributed by atoms with Crippen LogP contribution in [0.1, 0.15) is 57.3 Å². The normalized spacial score (nSPS) is 44.7. The highest BCUT2D eigenvalue weighted by atomic mass is 31.2. The summed E-state index contributed by atoms with van der Waals surface area (Å²) in [6, 6.07) is 20.5. The molecule has 2 saturated carbocycles. The first-order chi connectivity index (χ1) is 13.6. The Morgan fingerprint density at radius 1 is 0.931 bits per heavy atom. The summed E-state index contributed by atoms with van der Waals surface area (Å²) in [5.41, 5.74) is 1.24. The van der Waals surface area contributed by atoms with Crippen molar-refractivity contribution in [3.63, 3.8) is 0 Å². The highest BCUT2D eigenvalue weighted by Gasteiger charge is 2.76. The van der Waals surface area contributed by atoms with Crippen molar-refractivity contribution in [2.24, 2.45) is 23.2 Å². The van der Waals surface area contributed by atoms with E-state index in [0.717, 1.165) is 24.0 Å². The van der Waals surface area contributed by atoms with Crippen LogP contribution in [-0.4, -0.2) is 15.9 Å². The molecule has 0 radical (unpaired) electrons. The molecule has 2 aromatic carbocycles. The molecule has 0 spiro atoms. The predicted molar refractivity (Wildman–Crippen MR) is 119 cm³/mol. The van der Waals surface area contributed by atoms with Crippen molar-refractivity contribution in [2.75, 3.05) is 0 Å². The van der Waals surface area contributed by atoms with E-state index in [0.29, 0.717) is 23.4 Å². The average molecular weight is 409 g/mol. The number of fused-ring (bicyclic) bond motifs is 2. The minimum atomic E-state index is -2.81. The smallest absolute Gasteiger partial charge is 0.108 e. The zero-order valence-electron chi connectivity index (χ0n) is 18.0. The van der Waals surface area contributed by atoms with Gasteiger partial charge in [-0.15, -0.1) is 0 Å². The molecule has 1 heterocycles. The number of aliphatic hydroxyl groups is 1. The van der Waals surface area contributed by atoms with Crippen LogP contribution in [0.15, 0.2) is 60.7 Å². The van der Waals surface area contributed by atoms with Crippen LogP contribution in [0.5, 0.6) is 0 Å². The third-order valence-electron chi connectivity index (χ3n) is 9.08. The fraction of sp³-hybridized carbons (Fsp3) is 0.538. The Balaban J connectivity index is 1.68. The van der Waals surface area contributed by atoms with Gasteiger partial charge in [-0.2, -0.15) is 0 Å². The Kier molecular flexibility index (Phi) is 4.11. The van der Waals surface area contributed by atoms with Crippen molar-refractivity contribution in [3.05, 3.63) is 71.8 Å². The fourth-order valence-electron chi connectivity index (χ4n) is 7.36. The second-order valence-electron chi connectivity index (χ2n) is 10.9. The van der Waals surface area contributed by atoms with Crippen molar-refractivity contribution in [3.8, 4) is 0 Å². The van der Waals surface area contributed by atoms with Crippen LogP contribution in [0.25, 0.3) is 0 Å². The zero-order chi connectivity index (χ0) is 20.7. The van der Waals surface area contributed by atoms with E-state index in [9.17, 15) is 5.11 Å². The maximum Gasteiger partial charge on any atom is 0.108 e. The molecular formula is C26H33O2P. The first kappa shape index (κ1) is 19.6. The summed E-state index contributed by atoms with van der Waals surface area (Å²) in [7, 11) is -2.81. The SMILES string of the molecule is CC1(C)[C@@H]2C[C@@H]3[C@](C)(O)[C@H](c4ccccc4)[P@](=O)(Cc4ccccc4)[C@@]3(C)C[C@H]21. The van der Waals surface area contributed by atoms with Gasteiger partial charge in [0.15, 0.2) is 0 Å². The van der Waals surface area contributed by atoms with Gasteiger partial charge in [0.1, 0.15) is 7.14 Å². The monoisotopic (exact) mass is 408 g/mol. The van der Waals surface area contributed by atoms with Gasteiger partial charge in [-0.05, 0) is 48.1 Å². The van der Waals surface area contributed by atoms with Crippen LogP contribution in [0.2, 0.25) is 0 Å². The van der Waals surface area contributed by atoms with Gasteiger partial charge >= 0.3 is 0 Å². The van der Waals surface area contributed by atoms with Crippen molar-refractivity contribution in [1.29, 1.82) is 0 Å². The van der Waals surface area contributed by atoms with Crippen molar-refractivity contribution >= 4 is 7.14 Å². The summed E-state index contributed by atoms with van der Waals surface area (Å²) < 4.78 is 15.2. The van der Waals surface area contributed by atoms with Gasteiger partial charge in [0.05, 0.1) is 11.3 Å². The third-order valence-corrected chi connectivity index (χ3v) is 13.8. The van der Waals surface area contributed by atoms with E-state index in [1.54, 1.807) is 0 Å². The van der Waals surface area contributed by atoms with Gasteiger partial charge in [0.25, 0.3) is 0 Å². The molecule has 0 unspecified atom stereocenters.